The summed E-state index contributed by atoms with van der Waals surface area (Å²) in [5, 5.41) is 0.956. The summed E-state index contributed by atoms with van der Waals surface area (Å²) >= 11 is 11.9. The van der Waals surface area contributed by atoms with E-state index in [0.29, 0.717) is 10.0 Å². The Labute approximate surface area is 126 Å². The first-order chi connectivity index (χ1) is 8.58. The average Bonchev–Trinajstić information content (AvgIpc) is 2.28. The number of hydrogen-bond acceptors (Lipinski definition) is 2. The molecule has 1 rings (SSSR count). The minimum atomic E-state index is -2.01. The van der Waals surface area contributed by atoms with Crippen LogP contribution in [0.1, 0.15) is 32.4 Å². The SMILES string of the molecule is CC(C)(C)[Si](C)(C)OC(C=O)c1ccc(Cl)c(Cl)c1. The third kappa shape index (κ3) is 4.05. The molecule has 0 aliphatic rings. The maximum Gasteiger partial charge on any atom is 0.193 e. The van der Waals surface area contributed by atoms with E-state index in [0.717, 1.165) is 11.8 Å². The summed E-state index contributed by atoms with van der Waals surface area (Å²) in [5.41, 5.74) is 0.745. The summed E-state index contributed by atoms with van der Waals surface area (Å²) < 4.78 is 6.10. The standard InChI is InChI=1S/C14H20Cl2O2Si/c1-14(2,3)19(4,5)18-13(9-17)10-6-7-11(15)12(16)8-10/h6-9,13H,1-5H3. The van der Waals surface area contributed by atoms with Crippen LogP contribution in [0.25, 0.3) is 0 Å². The first-order valence-electron chi connectivity index (χ1n) is 6.16. The van der Waals surface area contributed by atoms with E-state index in [1.54, 1.807) is 18.2 Å². The first kappa shape index (κ1) is 16.7. The minimum Gasteiger partial charge on any atom is -0.403 e. The Kier molecular flexibility index (Phi) is 5.24. The van der Waals surface area contributed by atoms with E-state index in [9.17, 15) is 4.79 Å². The predicted octanol–water partition coefficient (Wildman–Crippen LogP) is 5.26. The average molecular weight is 319 g/mol. The molecule has 0 amide bonds. The highest BCUT2D eigenvalue weighted by Gasteiger charge is 2.39. The molecule has 0 saturated carbocycles. The van der Waals surface area contributed by atoms with Crippen LogP contribution >= 0.6 is 23.2 Å². The van der Waals surface area contributed by atoms with Crippen LogP contribution in [-0.2, 0) is 9.22 Å². The zero-order chi connectivity index (χ0) is 14.8. The number of halogens is 2. The van der Waals surface area contributed by atoms with E-state index in [4.69, 9.17) is 27.6 Å². The summed E-state index contributed by atoms with van der Waals surface area (Å²) in [6.07, 6.45) is 0.232. The summed E-state index contributed by atoms with van der Waals surface area (Å²) in [6.45, 7) is 10.6. The molecule has 19 heavy (non-hydrogen) atoms. The number of aldehydes is 1. The monoisotopic (exact) mass is 318 g/mol. The van der Waals surface area contributed by atoms with Crippen LogP contribution < -0.4 is 0 Å². The third-order valence-electron chi connectivity index (χ3n) is 3.62. The summed E-state index contributed by atoms with van der Waals surface area (Å²) in [4.78, 5) is 11.3. The molecule has 1 aromatic carbocycles. The van der Waals surface area contributed by atoms with Crippen molar-refractivity contribution in [1.29, 1.82) is 0 Å². The van der Waals surface area contributed by atoms with Crippen molar-refractivity contribution in [2.75, 3.05) is 0 Å². The van der Waals surface area contributed by atoms with Gasteiger partial charge < -0.3 is 9.22 Å². The van der Waals surface area contributed by atoms with Crippen LogP contribution in [0.4, 0.5) is 0 Å². The number of hydrogen-bond donors (Lipinski definition) is 0. The van der Waals surface area contributed by atoms with Gasteiger partial charge in [-0.2, -0.15) is 0 Å². The zero-order valence-corrected chi connectivity index (χ0v) is 14.5. The zero-order valence-electron chi connectivity index (χ0n) is 12.0. The van der Waals surface area contributed by atoms with E-state index < -0.39 is 14.4 Å². The summed E-state index contributed by atoms with van der Waals surface area (Å²) in [5.74, 6) is 0. The van der Waals surface area contributed by atoms with Crippen molar-refractivity contribution in [3.8, 4) is 0 Å². The quantitative estimate of drug-likeness (QED) is 0.559. The summed E-state index contributed by atoms with van der Waals surface area (Å²) in [6, 6.07) is 5.15. The highest BCUT2D eigenvalue weighted by Crippen LogP contribution is 2.39. The number of rotatable bonds is 4. The van der Waals surface area contributed by atoms with Gasteiger partial charge in [0.25, 0.3) is 0 Å². The second-order valence-electron chi connectivity index (χ2n) is 6.11. The highest BCUT2D eigenvalue weighted by atomic mass is 35.5. The molecule has 5 heteroatoms. The van der Waals surface area contributed by atoms with Gasteiger partial charge >= 0.3 is 0 Å². The molecule has 1 atom stereocenters. The summed E-state index contributed by atoms with van der Waals surface area (Å²) in [7, 11) is -2.01. The molecule has 106 valence electrons. The largest absolute Gasteiger partial charge is 0.403 e. The first-order valence-corrected chi connectivity index (χ1v) is 9.83. The fraction of sp³-hybridized carbons (Fsp3) is 0.500. The van der Waals surface area contributed by atoms with E-state index in [1.807, 2.05) is 0 Å². The Morgan fingerprint density at radius 2 is 1.79 bits per heavy atom. The Hall–Kier alpha value is -0.353. The minimum absolute atomic E-state index is 0.0461. The third-order valence-corrected chi connectivity index (χ3v) is 8.82. The molecule has 0 aliphatic carbocycles. The van der Waals surface area contributed by atoms with E-state index >= 15 is 0 Å². The molecule has 0 spiro atoms. The Balaban J connectivity index is 3.02. The van der Waals surface area contributed by atoms with Gasteiger partial charge in [0.05, 0.1) is 10.0 Å². The van der Waals surface area contributed by atoms with Gasteiger partial charge in [0, 0.05) is 0 Å². The van der Waals surface area contributed by atoms with Gasteiger partial charge in [0.15, 0.2) is 14.6 Å². The lowest BCUT2D eigenvalue weighted by atomic mass is 10.1. The Morgan fingerprint density at radius 1 is 1.21 bits per heavy atom. The van der Waals surface area contributed by atoms with Crippen LogP contribution in [0.5, 0.6) is 0 Å². The lowest BCUT2D eigenvalue weighted by Crippen LogP contribution is -2.42. The maximum atomic E-state index is 11.3. The van der Waals surface area contributed by atoms with Crippen LogP contribution in [0, 0.1) is 0 Å². The van der Waals surface area contributed by atoms with Crippen LogP contribution in [-0.4, -0.2) is 14.6 Å². The molecule has 0 fully saturated rings. The fourth-order valence-electron chi connectivity index (χ4n) is 1.36. The maximum absolute atomic E-state index is 11.3. The van der Waals surface area contributed by atoms with Crippen molar-refractivity contribution in [3.63, 3.8) is 0 Å². The second-order valence-corrected chi connectivity index (χ2v) is 11.7. The number of carbonyl (C=O) groups is 1. The van der Waals surface area contributed by atoms with Crippen molar-refractivity contribution in [1.82, 2.24) is 0 Å². The van der Waals surface area contributed by atoms with Crippen LogP contribution in [0.15, 0.2) is 18.2 Å². The molecule has 0 N–H and O–H groups in total. The van der Waals surface area contributed by atoms with Gasteiger partial charge in [-0.3, -0.25) is 0 Å². The van der Waals surface area contributed by atoms with E-state index in [1.165, 1.54) is 0 Å². The van der Waals surface area contributed by atoms with E-state index in [-0.39, 0.29) is 5.04 Å². The van der Waals surface area contributed by atoms with Gasteiger partial charge in [-0.25, -0.2) is 0 Å². The molecular weight excluding hydrogens is 299 g/mol. The molecule has 0 aromatic heterocycles. The molecular formula is C14H20Cl2O2Si. The van der Waals surface area contributed by atoms with Crippen molar-refractivity contribution in [2.45, 2.75) is 45.0 Å². The molecule has 2 nitrogen and oxygen atoms in total. The molecule has 1 aromatic rings. The van der Waals surface area contributed by atoms with Gasteiger partial charge in [-0.1, -0.05) is 50.0 Å². The van der Waals surface area contributed by atoms with Crippen molar-refractivity contribution < 1.29 is 9.22 Å². The van der Waals surface area contributed by atoms with Crippen LogP contribution in [0.3, 0.4) is 0 Å². The molecule has 0 aliphatic heterocycles. The smallest absolute Gasteiger partial charge is 0.193 e. The van der Waals surface area contributed by atoms with Gasteiger partial charge in [0.1, 0.15) is 6.10 Å². The number of benzene rings is 1. The van der Waals surface area contributed by atoms with Gasteiger partial charge in [0.2, 0.25) is 0 Å². The fourth-order valence-corrected chi connectivity index (χ4v) is 2.84. The molecule has 0 radical (unpaired) electrons. The van der Waals surface area contributed by atoms with Crippen molar-refractivity contribution >= 4 is 37.8 Å². The van der Waals surface area contributed by atoms with Crippen molar-refractivity contribution in [2.24, 2.45) is 0 Å². The molecule has 0 bridgehead atoms. The number of carbonyl (C=O) groups excluding carboxylic acids is 1. The Morgan fingerprint density at radius 3 is 2.21 bits per heavy atom. The van der Waals surface area contributed by atoms with Gasteiger partial charge in [-0.15, -0.1) is 0 Å². The van der Waals surface area contributed by atoms with Gasteiger partial charge in [-0.05, 0) is 35.8 Å². The lowest BCUT2D eigenvalue weighted by Gasteiger charge is -2.38. The molecule has 1 unspecified atom stereocenters. The normalized spacial score (nSPS) is 14.3. The second kappa shape index (κ2) is 5.96. The van der Waals surface area contributed by atoms with E-state index in [2.05, 4.69) is 33.9 Å². The lowest BCUT2D eigenvalue weighted by molar-refractivity contribution is -0.114. The Bertz CT molecular complexity index is 467. The predicted molar refractivity (Wildman–Crippen MR) is 83.5 cm³/mol. The molecule has 0 saturated heterocycles. The van der Waals surface area contributed by atoms with Crippen molar-refractivity contribution in [3.05, 3.63) is 33.8 Å². The highest BCUT2D eigenvalue weighted by molar-refractivity contribution is 6.74. The topological polar surface area (TPSA) is 26.3 Å². The molecule has 0 heterocycles. The van der Waals surface area contributed by atoms with Crippen LogP contribution in [0.2, 0.25) is 28.2 Å².